The molecule has 4 nitrogen and oxygen atoms in total. The zero-order chi connectivity index (χ0) is 15.4. The Morgan fingerprint density at radius 3 is 2.62 bits per heavy atom. The second-order valence-electron chi connectivity index (χ2n) is 4.42. The van der Waals surface area contributed by atoms with E-state index in [0.717, 1.165) is 12.1 Å². The Morgan fingerprint density at radius 2 is 2.00 bits per heavy atom. The third-order valence-corrected chi connectivity index (χ3v) is 2.95. The zero-order valence-corrected chi connectivity index (χ0v) is 11.6. The molecular formula is C15H14F2N2O2. The smallest absolute Gasteiger partial charge is 0.339 e. The predicted octanol–water partition coefficient (Wildman–Crippen LogP) is 3.07. The molecule has 1 aromatic carbocycles. The van der Waals surface area contributed by atoms with Crippen LogP contribution in [0.2, 0.25) is 0 Å². The van der Waals surface area contributed by atoms with Crippen LogP contribution in [0.3, 0.4) is 0 Å². The number of pyridine rings is 1. The summed E-state index contributed by atoms with van der Waals surface area (Å²) in [5.74, 6) is -1.69. The molecule has 0 saturated carbocycles. The first kappa shape index (κ1) is 14.9. The molecule has 2 aromatic rings. The largest absolute Gasteiger partial charge is 0.465 e. The van der Waals surface area contributed by atoms with Crippen LogP contribution in [0.1, 0.15) is 21.6 Å². The summed E-state index contributed by atoms with van der Waals surface area (Å²) >= 11 is 0. The van der Waals surface area contributed by atoms with Crippen LogP contribution < -0.4 is 5.32 Å². The fourth-order valence-corrected chi connectivity index (χ4v) is 1.83. The van der Waals surface area contributed by atoms with Crippen molar-refractivity contribution < 1.29 is 18.3 Å². The molecule has 2 rings (SSSR count). The highest BCUT2D eigenvalue weighted by Gasteiger charge is 2.10. The van der Waals surface area contributed by atoms with Crippen molar-refractivity contribution in [2.45, 2.75) is 13.5 Å². The monoisotopic (exact) mass is 292 g/mol. The van der Waals surface area contributed by atoms with Gasteiger partial charge in [0.25, 0.3) is 0 Å². The first-order valence-electron chi connectivity index (χ1n) is 6.25. The Balaban J connectivity index is 2.08. The topological polar surface area (TPSA) is 51.2 Å². The summed E-state index contributed by atoms with van der Waals surface area (Å²) in [6.45, 7) is 1.98. The molecule has 21 heavy (non-hydrogen) atoms. The summed E-state index contributed by atoms with van der Waals surface area (Å²) in [5.41, 5.74) is 1.50. The van der Waals surface area contributed by atoms with E-state index in [4.69, 9.17) is 0 Å². The molecule has 0 aliphatic rings. The van der Waals surface area contributed by atoms with E-state index in [1.54, 1.807) is 19.1 Å². The lowest BCUT2D eigenvalue weighted by molar-refractivity contribution is 0.0599. The summed E-state index contributed by atoms with van der Waals surface area (Å²) in [6, 6.07) is 6.91. The fourth-order valence-electron chi connectivity index (χ4n) is 1.83. The van der Waals surface area contributed by atoms with Crippen LogP contribution >= 0.6 is 0 Å². The van der Waals surface area contributed by atoms with Gasteiger partial charge in [-0.05, 0) is 36.8 Å². The molecule has 0 aliphatic carbocycles. The van der Waals surface area contributed by atoms with Crippen LogP contribution in [0.25, 0.3) is 0 Å². The average molecular weight is 292 g/mol. The maximum absolute atomic E-state index is 13.1. The first-order chi connectivity index (χ1) is 10.0. The third kappa shape index (κ3) is 3.53. The molecule has 110 valence electrons. The van der Waals surface area contributed by atoms with Crippen molar-refractivity contribution in [1.82, 2.24) is 4.98 Å². The van der Waals surface area contributed by atoms with E-state index in [2.05, 4.69) is 15.0 Å². The third-order valence-electron chi connectivity index (χ3n) is 2.95. The molecule has 1 heterocycles. The second-order valence-corrected chi connectivity index (χ2v) is 4.42. The molecule has 6 heteroatoms. The predicted molar refractivity (Wildman–Crippen MR) is 74.0 cm³/mol. The highest BCUT2D eigenvalue weighted by molar-refractivity contribution is 5.90. The van der Waals surface area contributed by atoms with Gasteiger partial charge in [-0.25, -0.2) is 18.6 Å². The van der Waals surface area contributed by atoms with Gasteiger partial charge in [0.2, 0.25) is 0 Å². The maximum Gasteiger partial charge on any atom is 0.339 e. The Morgan fingerprint density at radius 1 is 1.24 bits per heavy atom. The van der Waals surface area contributed by atoms with Crippen molar-refractivity contribution in [3.05, 3.63) is 58.8 Å². The molecule has 0 radical (unpaired) electrons. The van der Waals surface area contributed by atoms with Crippen LogP contribution in [0.4, 0.5) is 14.6 Å². The minimum Gasteiger partial charge on any atom is -0.465 e. The van der Waals surface area contributed by atoms with Crippen molar-refractivity contribution in [1.29, 1.82) is 0 Å². The van der Waals surface area contributed by atoms with E-state index in [1.165, 1.54) is 13.2 Å². The number of nitrogens with one attached hydrogen (secondary N) is 1. The standard InChI is InChI=1S/C15H14F2N2O2/c1-9-11(15(20)21-2)4-6-14(19-9)18-8-10-3-5-12(16)13(17)7-10/h3-7H,8H2,1-2H3,(H,18,19). The van der Waals surface area contributed by atoms with Gasteiger partial charge in [0, 0.05) is 6.54 Å². The van der Waals surface area contributed by atoms with Crippen molar-refractivity contribution in [3.63, 3.8) is 0 Å². The molecular weight excluding hydrogens is 278 g/mol. The summed E-state index contributed by atoms with van der Waals surface area (Å²) in [4.78, 5) is 15.7. The Labute approximate surface area is 120 Å². The summed E-state index contributed by atoms with van der Waals surface area (Å²) in [6.07, 6.45) is 0. The zero-order valence-electron chi connectivity index (χ0n) is 11.6. The fraction of sp³-hybridized carbons (Fsp3) is 0.200. The van der Waals surface area contributed by atoms with Gasteiger partial charge in [0.05, 0.1) is 18.4 Å². The maximum atomic E-state index is 13.1. The Kier molecular flexibility index (Phi) is 4.47. The van der Waals surface area contributed by atoms with Gasteiger partial charge in [0.15, 0.2) is 11.6 Å². The summed E-state index contributed by atoms with van der Waals surface area (Å²) < 4.78 is 30.5. The lowest BCUT2D eigenvalue weighted by Gasteiger charge is -2.09. The number of rotatable bonds is 4. The van der Waals surface area contributed by atoms with Gasteiger partial charge in [0.1, 0.15) is 5.82 Å². The number of carbonyl (C=O) groups is 1. The van der Waals surface area contributed by atoms with Crippen LogP contribution in [0, 0.1) is 18.6 Å². The number of nitrogens with zero attached hydrogens (tertiary/aromatic N) is 1. The molecule has 0 bridgehead atoms. The van der Waals surface area contributed by atoms with Crippen LogP contribution in [0.15, 0.2) is 30.3 Å². The number of hydrogen-bond acceptors (Lipinski definition) is 4. The van der Waals surface area contributed by atoms with Gasteiger partial charge in [-0.2, -0.15) is 0 Å². The number of ether oxygens (including phenoxy) is 1. The highest BCUT2D eigenvalue weighted by Crippen LogP contribution is 2.14. The lowest BCUT2D eigenvalue weighted by atomic mass is 10.2. The molecule has 0 atom stereocenters. The van der Waals surface area contributed by atoms with Crippen molar-refractivity contribution in [2.75, 3.05) is 12.4 Å². The first-order valence-corrected chi connectivity index (χ1v) is 6.25. The molecule has 1 aromatic heterocycles. The van der Waals surface area contributed by atoms with Crippen molar-refractivity contribution in [3.8, 4) is 0 Å². The summed E-state index contributed by atoms with van der Waals surface area (Å²) in [5, 5.41) is 2.98. The second kappa shape index (κ2) is 6.30. The number of carbonyl (C=O) groups excluding carboxylic acids is 1. The molecule has 0 amide bonds. The van der Waals surface area contributed by atoms with E-state index < -0.39 is 17.6 Å². The molecule has 0 unspecified atom stereocenters. The normalized spacial score (nSPS) is 10.3. The number of anilines is 1. The molecule has 0 saturated heterocycles. The SMILES string of the molecule is COC(=O)c1ccc(NCc2ccc(F)c(F)c2)nc1C. The number of aryl methyl sites for hydroxylation is 1. The lowest BCUT2D eigenvalue weighted by Crippen LogP contribution is -2.08. The highest BCUT2D eigenvalue weighted by atomic mass is 19.2. The van der Waals surface area contributed by atoms with Gasteiger partial charge >= 0.3 is 5.97 Å². The molecule has 0 aliphatic heterocycles. The van der Waals surface area contributed by atoms with Crippen LogP contribution in [-0.2, 0) is 11.3 Å². The van der Waals surface area contributed by atoms with Gasteiger partial charge in [-0.1, -0.05) is 6.07 Å². The number of halogens is 2. The van der Waals surface area contributed by atoms with Gasteiger partial charge in [-0.3, -0.25) is 0 Å². The average Bonchev–Trinajstić information content (AvgIpc) is 2.48. The van der Waals surface area contributed by atoms with Crippen LogP contribution in [-0.4, -0.2) is 18.1 Å². The van der Waals surface area contributed by atoms with E-state index >= 15 is 0 Å². The Hall–Kier alpha value is -2.50. The molecule has 0 fully saturated rings. The number of hydrogen-bond donors (Lipinski definition) is 1. The Bertz CT molecular complexity index is 675. The van der Waals surface area contributed by atoms with E-state index in [0.29, 0.717) is 29.2 Å². The van der Waals surface area contributed by atoms with Crippen molar-refractivity contribution in [2.24, 2.45) is 0 Å². The van der Waals surface area contributed by atoms with Crippen molar-refractivity contribution >= 4 is 11.8 Å². The quantitative estimate of drug-likeness (QED) is 0.880. The van der Waals surface area contributed by atoms with E-state index in [-0.39, 0.29) is 0 Å². The van der Waals surface area contributed by atoms with E-state index in [9.17, 15) is 13.6 Å². The van der Waals surface area contributed by atoms with Gasteiger partial charge < -0.3 is 10.1 Å². The summed E-state index contributed by atoms with van der Waals surface area (Å²) in [7, 11) is 1.30. The minimum absolute atomic E-state index is 0.293. The number of benzene rings is 1. The number of aromatic nitrogens is 1. The molecule has 1 N–H and O–H groups in total. The number of esters is 1. The molecule has 0 spiro atoms. The number of methoxy groups -OCH3 is 1. The minimum atomic E-state index is -0.889. The van der Waals surface area contributed by atoms with E-state index in [1.807, 2.05) is 0 Å². The van der Waals surface area contributed by atoms with Gasteiger partial charge in [-0.15, -0.1) is 0 Å². The van der Waals surface area contributed by atoms with Crippen LogP contribution in [0.5, 0.6) is 0 Å².